The average Bonchev–Trinajstić information content (AvgIpc) is 2.65. The lowest BCUT2D eigenvalue weighted by molar-refractivity contribution is 0.00578. The number of nitrogens with zero attached hydrogens (tertiary/aromatic N) is 1. The number of nitrogens with two attached hydrogens (primary N) is 2. The van der Waals surface area contributed by atoms with Gasteiger partial charge in [-0.1, -0.05) is 6.08 Å². The average molecular weight is 290 g/mol. The van der Waals surface area contributed by atoms with E-state index >= 15 is 0 Å². The van der Waals surface area contributed by atoms with E-state index in [0.717, 1.165) is 11.0 Å². The molecule has 1 saturated heterocycles. The Kier molecular flexibility index (Phi) is 4.39. The monoisotopic (exact) mass is 290 g/mol. The van der Waals surface area contributed by atoms with E-state index in [4.69, 9.17) is 20.9 Å². The van der Waals surface area contributed by atoms with Gasteiger partial charge in [0.2, 0.25) is 0 Å². The summed E-state index contributed by atoms with van der Waals surface area (Å²) < 4.78 is 12.0. The Morgan fingerprint density at radius 3 is 2.33 bits per heavy atom. The van der Waals surface area contributed by atoms with Crippen LogP contribution in [-0.4, -0.2) is 29.8 Å². The number of hydrazine groups is 1. The molecule has 114 valence electrons. The van der Waals surface area contributed by atoms with Crippen LogP contribution in [0.5, 0.6) is 0 Å². The minimum absolute atomic E-state index is 0.355. The van der Waals surface area contributed by atoms with Crippen molar-refractivity contribution in [1.29, 1.82) is 0 Å². The maximum Gasteiger partial charge on any atom is 0.491 e. The molecule has 0 spiro atoms. The van der Waals surface area contributed by atoms with Crippen LogP contribution in [0.2, 0.25) is 0 Å². The molecule has 0 saturated carbocycles. The molecule has 1 fully saturated rings. The topological polar surface area (TPSA) is 95.4 Å². The molecular formula is C14H23BN4O2. The number of rotatable bonds is 4. The molecule has 21 heavy (non-hydrogen) atoms. The third kappa shape index (κ3) is 3.27. The van der Waals surface area contributed by atoms with Crippen LogP contribution in [-0.2, 0) is 9.31 Å². The SMILES string of the molecule is CC1(C)OB(C(=Cc2ccc(NN)nc2)CN)OC1(C)C. The van der Waals surface area contributed by atoms with Gasteiger partial charge in [-0.25, -0.2) is 10.8 Å². The summed E-state index contributed by atoms with van der Waals surface area (Å²) in [4.78, 5) is 4.17. The smallest absolute Gasteiger partial charge is 0.400 e. The highest BCUT2D eigenvalue weighted by Gasteiger charge is 2.52. The van der Waals surface area contributed by atoms with E-state index < -0.39 is 7.12 Å². The van der Waals surface area contributed by atoms with Gasteiger partial charge in [-0.2, -0.15) is 0 Å². The van der Waals surface area contributed by atoms with Crippen LogP contribution in [0.4, 0.5) is 5.82 Å². The van der Waals surface area contributed by atoms with Gasteiger partial charge in [0.15, 0.2) is 0 Å². The second-order valence-electron chi connectivity index (χ2n) is 6.13. The number of aromatic nitrogens is 1. The van der Waals surface area contributed by atoms with Crippen molar-refractivity contribution < 1.29 is 9.31 Å². The number of pyridine rings is 1. The molecule has 7 heteroatoms. The molecule has 0 amide bonds. The third-order valence-electron chi connectivity index (χ3n) is 4.08. The molecule has 0 aliphatic carbocycles. The van der Waals surface area contributed by atoms with Gasteiger partial charge in [0.25, 0.3) is 0 Å². The summed E-state index contributed by atoms with van der Waals surface area (Å²) in [7, 11) is -0.438. The highest BCUT2D eigenvalue weighted by molar-refractivity contribution is 6.55. The molecule has 0 bridgehead atoms. The molecule has 1 aromatic heterocycles. The lowest BCUT2D eigenvalue weighted by Crippen LogP contribution is -2.41. The predicted molar refractivity (Wildman–Crippen MR) is 85.2 cm³/mol. The first-order chi connectivity index (χ1) is 9.79. The van der Waals surface area contributed by atoms with Crippen molar-refractivity contribution in [3.05, 3.63) is 29.4 Å². The lowest BCUT2D eigenvalue weighted by atomic mass is 9.77. The van der Waals surface area contributed by atoms with Gasteiger partial charge in [-0.3, -0.25) is 0 Å². The summed E-state index contributed by atoms with van der Waals surface area (Å²) in [5, 5.41) is 0. The van der Waals surface area contributed by atoms with Crippen molar-refractivity contribution in [2.45, 2.75) is 38.9 Å². The van der Waals surface area contributed by atoms with E-state index in [-0.39, 0.29) is 11.2 Å². The van der Waals surface area contributed by atoms with Crippen LogP contribution in [0.25, 0.3) is 6.08 Å². The highest BCUT2D eigenvalue weighted by atomic mass is 16.7. The molecule has 0 unspecified atom stereocenters. The van der Waals surface area contributed by atoms with E-state index in [2.05, 4.69) is 10.4 Å². The van der Waals surface area contributed by atoms with Crippen molar-refractivity contribution in [2.75, 3.05) is 12.0 Å². The minimum atomic E-state index is -0.438. The summed E-state index contributed by atoms with van der Waals surface area (Å²) in [5.74, 6) is 5.91. The van der Waals surface area contributed by atoms with Crippen LogP contribution in [0, 0.1) is 0 Å². The van der Waals surface area contributed by atoms with Gasteiger partial charge in [0.1, 0.15) is 5.82 Å². The Morgan fingerprint density at radius 2 is 1.90 bits per heavy atom. The van der Waals surface area contributed by atoms with Gasteiger partial charge in [0, 0.05) is 12.7 Å². The Hall–Kier alpha value is -1.41. The first-order valence-electron chi connectivity index (χ1n) is 6.98. The maximum absolute atomic E-state index is 6.01. The predicted octanol–water partition coefficient (Wildman–Crippen LogP) is 1.34. The van der Waals surface area contributed by atoms with Gasteiger partial charge in [-0.15, -0.1) is 0 Å². The third-order valence-corrected chi connectivity index (χ3v) is 4.08. The zero-order chi connectivity index (χ0) is 15.7. The van der Waals surface area contributed by atoms with Crippen molar-refractivity contribution in [3.8, 4) is 0 Å². The highest BCUT2D eigenvalue weighted by Crippen LogP contribution is 2.38. The Balaban J connectivity index is 2.22. The zero-order valence-electron chi connectivity index (χ0n) is 13.0. The molecule has 5 N–H and O–H groups in total. The molecule has 1 aliphatic rings. The normalized spacial score (nSPS) is 20.7. The summed E-state index contributed by atoms with van der Waals surface area (Å²) in [6.45, 7) is 8.43. The van der Waals surface area contributed by atoms with Crippen LogP contribution in [0.15, 0.2) is 23.8 Å². The summed E-state index contributed by atoms with van der Waals surface area (Å²) in [5.41, 5.74) is 9.39. The zero-order valence-corrected chi connectivity index (χ0v) is 13.0. The molecule has 0 radical (unpaired) electrons. The fraction of sp³-hybridized carbons (Fsp3) is 0.500. The summed E-state index contributed by atoms with van der Waals surface area (Å²) >= 11 is 0. The van der Waals surface area contributed by atoms with Crippen LogP contribution < -0.4 is 17.0 Å². The van der Waals surface area contributed by atoms with Gasteiger partial charge in [-0.05, 0) is 50.9 Å². The van der Waals surface area contributed by atoms with Gasteiger partial charge < -0.3 is 20.5 Å². The van der Waals surface area contributed by atoms with E-state index in [9.17, 15) is 0 Å². The van der Waals surface area contributed by atoms with Crippen molar-refractivity contribution >= 4 is 19.0 Å². The number of anilines is 1. The van der Waals surface area contributed by atoms with E-state index in [1.807, 2.05) is 39.8 Å². The van der Waals surface area contributed by atoms with E-state index in [1.165, 1.54) is 0 Å². The fourth-order valence-corrected chi connectivity index (χ4v) is 2.01. The second-order valence-corrected chi connectivity index (χ2v) is 6.13. The number of hydrogen-bond acceptors (Lipinski definition) is 6. The minimum Gasteiger partial charge on any atom is -0.400 e. The molecule has 0 atom stereocenters. The molecular weight excluding hydrogens is 267 g/mol. The van der Waals surface area contributed by atoms with Crippen LogP contribution >= 0.6 is 0 Å². The number of nitrogen functional groups attached to an aromatic ring is 1. The van der Waals surface area contributed by atoms with Crippen LogP contribution in [0.3, 0.4) is 0 Å². The lowest BCUT2D eigenvalue weighted by Gasteiger charge is -2.32. The molecule has 0 aromatic carbocycles. The molecule has 1 aliphatic heterocycles. The molecule has 2 rings (SSSR count). The van der Waals surface area contributed by atoms with Crippen molar-refractivity contribution in [1.82, 2.24) is 4.98 Å². The molecule has 2 heterocycles. The quantitative estimate of drug-likeness (QED) is 0.440. The standard InChI is InChI=1S/C14H23BN4O2/c1-13(2)14(3,4)21-15(20-13)11(8-16)7-10-5-6-12(19-17)18-9-10/h5-7,9H,8,16-17H2,1-4H3,(H,18,19). The Bertz CT molecular complexity index is 512. The second kappa shape index (κ2) is 5.77. The van der Waals surface area contributed by atoms with E-state index in [0.29, 0.717) is 12.4 Å². The van der Waals surface area contributed by atoms with Crippen molar-refractivity contribution in [3.63, 3.8) is 0 Å². The summed E-state index contributed by atoms with van der Waals surface area (Å²) in [6.07, 6.45) is 3.66. The summed E-state index contributed by atoms with van der Waals surface area (Å²) in [6, 6.07) is 3.70. The van der Waals surface area contributed by atoms with Crippen LogP contribution in [0.1, 0.15) is 33.3 Å². The maximum atomic E-state index is 6.01. The molecule has 1 aromatic rings. The number of hydrogen-bond donors (Lipinski definition) is 3. The fourth-order valence-electron chi connectivity index (χ4n) is 2.01. The first-order valence-corrected chi connectivity index (χ1v) is 6.98. The number of nitrogens with one attached hydrogen (secondary N) is 1. The Labute approximate surface area is 126 Å². The van der Waals surface area contributed by atoms with E-state index in [1.54, 1.807) is 12.3 Å². The van der Waals surface area contributed by atoms with Gasteiger partial charge in [0.05, 0.1) is 11.2 Å². The first kappa shape index (κ1) is 16.0. The Morgan fingerprint density at radius 1 is 1.29 bits per heavy atom. The largest absolute Gasteiger partial charge is 0.491 e. The molecule has 6 nitrogen and oxygen atoms in total. The van der Waals surface area contributed by atoms with Gasteiger partial charge >= 0.3 is 7.12 Å². The van der Waals surface area contributed by atoms with Crippen molar-refractivity contribution in [2.24, 2.45) is 11.6 Å².